The fraction of sp³-hybridized carbons (Fsp3) is 0.429. The molecule has 1 N–H and O–H groups in total. The number of nitrogens with zero attached hydrogens (tertiary/aromatic N) is 2. The topological polar surface area (TPSA) is 37.8 Å². The van der Waals surface area contributed by atoms with Crippen molar-refractivity contribution in [2.45, 2.75) is 12.8 Å². The minimum absolute atomic E-state index is 0.315. The predicted octanol–water partition coefficient (Wildman–Crippen LogP) is 2.22. The van der Waals surface area contributed by atoms with Crippen molar-refractivity contribution >= 4 is 29.0 Å². The van der Waals surface area contributed by atoms with E-state index in [0.717, 1.165) is 5.56 Å². The number of alkyl halides is 1. The molecule has 12 heavy (non-hydrogen) atoms. The summed E-state index contributed by atoms with van der Waals surface area (Å²) in [5, 5.41) is 3.33. The zero-order valence-corrected chi connectivity index (χ0v) is 8.37. The molecule has 1 heterocycles. The van der Waals surface area contributed by atoms with E-state index >= 15 is 0 Å². The summed E-state index contributed by atoms with van der Waals surface area (Å²) in [5.74, 6) is 1.65. The Bertz CT molecular complexity index is 288. The highest BCUT2D eigenvalue weighted by molar-refractivity contribution is 6.31. The number of aromatic nitrogens is 2. The van der Waals surface area contributed by atoms with Crippen molar-refractivity contribution in [3.05, 3.63) is 16.5 Å². The highest BCUT2D eigenvalue weighted by atomic mass is 35.5. The van der Waals surface area contributed by atoms with E-state index in [2.05, 4.69) is 15.3 Å². The molecule has 0 atom stereocenters. The number of anilines is 1. The lowest BCUT2D eigenvalue weighted by Crippen LogP contribution is -2.02. The molecule has 3 nitrogen and oxygen atoms in total. The fourth-order valence-electron chi connectivity index (χ4n) is 0.887. The van der Waals surface area contributed by atoms with Gasteiger partial charge in [0.15, 0.2) is 0 Å². The lowest BCUT2D eigenvalue weighted by Gasteiger charge is -2.07. The molecule has 1 aromatic heterocycles. The van der Waals surface area contributed by atoms with Gasteiger partial charge in [-0.1, -0.05) is 11.6 Å². The van der Waals surface area contributed by atoms with E-state index in [-0.39, 0.29) is 0 Å². The van der Waals surface area contributed by atoms with Crippen LogP contribution in [-0.4, -0.2) is 17.0 Å². The molecular weight excluding hydrogens is 197 g/mol. The Morgan fingerprint density at radius 3 is 2.58 bits per heavy atom. The summed E-state index contributed by atoms with van der Waals surface area (Å²) in [5.41, 5.74) is 0.742. The molecule has 0 saturated carbocycles. The maximum atomic E-state index is 5.84. The first kappa shape index (κ1) is 9.55. The predicted molar refractivity (Wildman–Crippen MR) is 50.9 cm³/mol. The van der Waals surface area contributed by atoms with Crippen molar-refractivity contribution in [3.8, 4) is 0 Å². The van der Waals surface area contributed by atoms with Gasteiger partial charge in [0.2, 0.25) is 0 Å². The van der Waals surface area contributed by atoms with Gasteiger partial charge in [0.05, 0.1) is 5.88 Å². The van der Waals surface area contributed by atoms with Crippen LogP contribution in [0.1, 0.15) is 11.4 Å². The summed E-state index contributed by atoms with van der Waals surface area (Å²) < 4.78 is 0. The molecule has 0 aromatic carbocycles. The molecule has 0 bridgehead atoms. The number of aryl methyl sites for hydroxylation is 1. The van der Waals surface area contributed by atoms with Gasteiger partial charge in [-0.15, -0.1) is 11.6 Å². The zero-order valence-electron chi connectivity index (χ0n) is 6.86. The Hall–Kier alpha value is -0.540. The molecule has 0 aliphatic heterocycles. The van der Waals surface area contributed by atoms with Gasteiger partial charge in [-0.3, -0.25) is 0 Å². The molecule has 0 radical (unpaired) electrons. The summed E-state index contributed by atoms with van der Waals surface area (Å²) in [4.78, 5) is 8.12. The van der Waals surface area contributed by atoms with Crippen LogP contribution >= 0.6 is 23.2 Å². The number of rotatable bonds is 2. The first-order valence-corrected chi connectivity index (χ1v) is 4.37. The van der Waals surface area contributed by atoms with Crippen molar-refractivity contribution in [2.24, 2.45) is 0 Å². The van der Waals surface area contributed by atoms with E-state index in [1.54, 1.807) is 14.0 Å². The summed E-state index contributed by atoms with van der Waals surface area (Å²) in [6.45, 7) is 1.78. The molecule has 0 unspecified atom stereocenters. The van der Waals surface area contributed by atoms with Gasteiger partial charge < -0.3 is 5.32 Å². The zero-order chi connectivity index (χ0) is 9.14. The third-order valence-corrected chi connectivity index (χ3v) is 2.02. The maximum absolute atomic E-state index is 5.84. The lowest BCUT2D eigenvalue weighted by molar-refractivity contribution is 1.03. The third-order valence-electron chi connectivity index (χ3n) is 1.44. The van der Waals surface area contributed by atoms with Gasteiger partial charge in [-0.25, -0.2) is 9.97 Å². The minimum Gasteiger partial charge on any atom is -0.373 e. The number of hydrogen-bond acceptors (Lipinski definition) is 3. The summed E-state index contributed by atoms with van der Waals surface area (Å²) in [6.07, 6.45) is 0. The van der Waals surface area contributed by atoms with E-state index in [4.69, 9.17) is 23.2 Å². The Balaban J connectivity index is 3.24. The van der Waals surface area contributed by atoms with Crippen LogP contribution in [-0.2, 0) is 5.88 Å². The van der Waals surface area contributed by atoms with Gasteiger partial charge >= 0.3 is 0 Å². The molecule has 0 spiro atoms. The molecule has 0 aliphatic carbocycles. The van der Waals surface area contributed by atoms with Crippen molar-refractivity contribution in [1.29, 1.82) is 0 Å². The quantitative estimate of drug-likeness (QED) is 0.595. The average Bonchev–Trinajstić information content (AvgIpc) is 2.03. The smallest absolute Gasteiger partial charge is 0.139 e. The third kappa shape index (κ3) is 1.79. The first-order chi connectivity index (χ1) is 5.69. The largest absolute Gasteiger partial charge is 0.373 e. The highest BCUT2D eigenvalue weighted by Gasteiger charge is 2.08. The van der Waals surface area contributed by atoms with Crippen molar-refractivity contribution < 1.29 is 0 Å². The molecule has 0 amide bonds. The van der Waals surface area contributed by atoms with Crippen LogP contribution in [0, 0.1) is 6.92 Å². The summed E-state index contributed by atoms with van der Waals surface area (Å²) in [7, 11) is 1.77. The van der Waals surface area contributed by atoms with Gasteiger partial charge in [-0.2, -0.15) is 0 Å². The number of nitrogens with one attached hydrogen (secondary N) is 1. The normalized spacial score (nSPS) is 10.0. The molecular formula is C7H9Cl2N3. The molecule has 0 aliphatic rings. The standard InChI is InChI=1S/C7H9Cl2N3/c1-4-11-6(9)5(3-8)7(10-2)12-4/h3H2,1-2H3,(H,10,11,12). The Morgan fingerprint density at radius 1 is 1.42 bits per heavy atom. The van der Waals surface area contributed by atoms with Crippen LogP contribution < -0.4 is 5.32 Å². The SMILES string of the molecule is CNc1nc(C)nc(Cl)c1CCl. The van der Waals surface area contributed by atoms with Gasteiger partial charge in [-0.05, 0) is 6.92 Å². The van der Waals surface area contributed by atoms with E-state index in [9.17, 15) is 0 Å². The van der Waals surface area contributed by atoms with E-state index in [1.165, 1.54) is 0 Å². The van der Waals surface area contributed by atoms with Crippen molar-refractivity contribution in [1.82, 2.24) is 9.97 Å². The monoisotopic (exact) mass is 205 g/mol. The van der Waals surface area contributed by atoms with Crippen LogP contribution in [0.2, 0.25) is 5.15 Å². The molecule has 0 fully saturated rings. The molecule has 1 aromatic rings. The Kier molecular flexibility index (Phi) is 3.12. The summed E-state index contributed by atoms with van der Waals surface area (Å²) in [6, 6.07) is 0. The molecule has 66 valence electrons. The van der Waals surface area contributed by atoms with Crippen molar-refractivity contribution in [3.63, 3.8) is 0 Å². The highest BCUT2D eigenvalue weighted by Crippen LogP contribution is 2.22. The Morgan fingerprint density at radius 2 is 2.08 bits per heavy atom. The number of hydrogen-bond donors (Lipinski definition) is 1. The van der Waals surface area contributed by atoms with Crippen LogP contribution in [0.15, 0.2) is 0 Å². The van der Waals surface area contributed by atoms with Crippen LogP contribution in [0.3, 0.4) is 0 Å². The van der Waals surface area contributed by atoms with E-state index in [1.807, 2.05) is 0 Å². The first-order valence-electron chi connectivity index (χ1n) is 3.45. The summed E-state index contributed by atoms with van der Waals surface area (Å²) >= 11 is 11.5. The van der Waals surface area contributed by atoms with Gasteiger partial charge in [0, 0.05) is 12.6 Å². The average molecular weight is 206 g/mol. The second-order valence-corrected chi connectivity index (χ2v) is 2.90. The van der Waals surface area contributed by atoms with Crippen LogP contribution in [0.4, 0.5) is 5.82 Å². The Labute approximate surface area is 81.1 Å². The molecule has 1 rings (SSSR count). The van der Waals surface area contributed by atoms with E-state index < -0.39 is 0 Å². The lowest BCUT2D eigenvalue weighted by atomic mass is 10.3. The van der Waals surface area contributed by atoms with Crippen LogP contribution in [0.5, 0.6) is 0 Å². The van der Waals surface area contributed by atoms with E-state index in [0.29, 0.717) is 22.7 Å². The minimum atomic E-state index is 0.315. The maximum Gasteiger partial charge on any atom is 0.139 e. The fourth-order valence-corrected chi connectivity index (χ4v) is 1.49. The molecule has 5 heteroatoms. The van der Waals surface area contributed by atoms with Crippen LogP contribution in [0.25, 0.3) is 0 Å². The second kappa shape index (κ2) is 3.92. The molecule has 0 saturated heterocycles. The second-order valence-electron chi connectivity index (χ2n) is 2.27. The van der Waals surface area contributed by atoms with Crippen molar-refractivity contribution in [2.75, 3.05) is 12.4 Å². The van der Waals surface area contributed by atoms with Gasteiger partial charge in [0.25, 0.3) is 0 Å². The number of halogens is 2. The van der Waals surface area contributed by atoms with Gasteiger partial charge in [0.1, 0.15) is 16.8 Å².